The van der Waals surface area contributed by atoms with E-state index in [-0.39, 0.29) is 4.21 Å². The number of aryl methyl sites for hydroxylation is 1. The Labute approximate surface area is 193 Å². The number of nitrogens with zero attached hydrogens (tertiary/aromatic N) is 3. The lowest BCUT2D eigenvalue weighted by Crippen LogP contribution is -2.40. The van der Waals surface area contributed by atoms with Crippen LogP contribution in [-0.4, -0.2) is 42.4 Å². The molecule has 1 saturated heterocycles. The predicted molar refractivity (Wildman–Crippen MR) is 123 cm³/mol. The lowest BCUT2D eigenvalue weighted by Gasteiger charge is -2.20. The summed E-state index contributed by atoms with van der Waals surface area (Å²) in [7, 11) is -3.80. The van der Waals surface area contributed by atoms with Crippen molar-refractivity contribution in [3.05, 3.63) is 39.5 Å². The highest BCUT2D eigenvalue weighted by Crippen LogP contribution is 2.33. The van der Waals surface area contributed by atoms with Crippen LogP contribution >= 0.6 is 34.3 Å². The zero-order valence-electron chi connectivity index (χ0n) is 17.1. The molecular formula is C20H22ClN3O4S3. The Kier molecular flexibility index (Phi) is 6.55. The van der Waals surface area contributed by atoms with Gasteiger partial charge in [0.25, 0.3) is 15.9 Å². The third-order valence-corrected chi connectivity index (χ3v) is 9.74. The van der Waals surface area contributed by atoms with Crippen molar-refractivity contribution in [3.8, 4) is 5.75 Å². The van der Waals surface area contributed by atoms with Crippen LogP contribution in [0, 0.1) is 0 Å². The molecule has 3 aromatic rings. The molecule has 11 heteroatoms. The Morgan fingerprint density at radius 1 is 1.26 bits per heavy atom. The second-order valence-electron chi connectivity index (χ2n) is 6.95. The Bertz CT molecular complexity index is 1290. The van der Waals surface area contributed by atoms with E-state index < -0.39 is 22.0 Å². The fraction of sp³-hybridized carbons (Fsp3) is 0.400. The number of carbonyl (C=O) groups excluding carboxylic acids is 1. The van der Waals surface area contributed by atoms with Gasteiger partial charge in [0.15, 0.2) is 4.80 Å². The maximum Gasteiger partial charge on any atom is 0.266 e. The van der Waals surface area contributed by atoms with Crippen LogP contribution in [0.1, 0.15) is 26.7 Å². The average molecular weight is 500 g/mol. The first-order chi connectivity index (χ1) is 14.9. The van der Waals surface area contributed by atoms with E-state index in [4.69, 9.17) is 16.3 Å². The van der Waals surface area contributed by atoms with Gasteiger partial charge in [-0.05, 0) is 51.0 Å². The topological polar surface area (TPSA) is 81.0 Å². The summed E-state index contributed by atoms with van der Waals surface area (Å²) in [5, 5.41) is 0. The lowest BCUT2D eigenvalue weighted by molar-refractivity contribution is -0.121. The number of thiazole rings is 1. The van der Waals surface area contributed by atoms with Gasteiger partial charge in [-0.2, -0.15) is 9.30 Å². The molecule has 3 heterocycles. The summed E-state index contributed by atoms with van der Waals surface area (Å²) in [5.74, 6) is 0.294. The molecule has 1 aliphatic heterocycles. The normalized spacial score (nSPS) is 18.2. The molecule has 0 spiro atoms. The first-order valence-electron chi connectivity index (χ1n) is 9.97. The number of ether oxygens (including phenoxy) is 1. The second-order valence-corrected chi connectivity index (χ2v) is 11.8. The molecule has 4 rings (SSSR count). The quantitative estimate of drug-likeness (QED) is 0.511. The molecule has 0 bridgehead atoms. The van der Waals surface area contributed by atoms with Gasteiger partial charge >= 0.3 is 0 Å². The van der Waals surface area contributed by atoms with Crippen molar-refractivity contribution in [3.63, 3.8) is 0 Å². The Balaban J connectivity index is 1.73. The minimum Gasteiger partial charge on any atom is -0.492 e. The third-order valence-electron chi connectivity index (χ3n) is 5.09. The zero-order chi connectivity index (χ0) is 22.2. The van der Waals surface area contributed by atoms with Crippen LogP contribution in [0.15, 0.2) is 39.5 Å². The number of hydrogen-bond acceptors (Lipinski definition) is 6. The van der Waals surface area contributed by atoms with Crippen molar-refractivity contribution < 1.29 is 17.9 Å². The van der Waals surface area contributed by atoms with E-state index in [1.165, 1.54) is 21.7 Å². The molecule has 166 valence electrons. The summed E-state index contributed by atoms with van der Waals surface area (Å²) in [6, 6.07) is 7.98. The van der Waals surface area contributed by atoms with Gasteiger partial charge in [-0.15, -0.1) is 11.3 Å². The van der Waals surface area contributed by atoms with E-state index in [0.717, 1.165) is 27.3 Å². The number of benzene rings is 1. The molecule has 2 aromatic heterocycles. The second kappa shape index (κ2) is 9.03. The predicted octanol–water partition coefficient (Wildman–Crippen LogP) is 4.12. The number of thiophene rings is 1. The summed E-state index contributed by atoms with van der Waals surface area (Å²) < 4.78 is 36.6. The van der Waals surface area contributed by atoms with Gasteiger partial charge in [0.2, 0.25) is 0 Å². The highest BCUT2D eigenvalue weighted by atomic mass is 35.5. The smallest absolute Gasteiger partial charge is 0.266 e. The lowest BCUT2D eigenvalue weighted by atomic mass is 10.2. The number of aromatic nitrogens is 1. The van der Waals surface area contributed by atoms with Gasteiger partial charge in [0, 0.05) is 13.1 Å². The number of amides is 1. The van der Waals surface area contributed by atoms with Gasteiger partial charge in [-0.1, -0.05) is 29.0 Å². The summed E-state index contributed by atoms with van der Waals surface area (Å²) in [5.41, 5.74) is 0.896. The molecule has 0 radical (unpaired) electrons. The highest BCUT2D eigenvalue weighted by Gasteiger charge is 2.40. The van der Waals surface area contributed by atoms with Crippen molar-refractivity contribution in [1.29, 1.82) is 0 Å². The maximum atomic E-state index is 13.1. The minimum absolute atomic E-state index is 0.143. The first-order valence-corrected chi connectivity index (χ1v) is 13.4. The van der Waals surface area contributed by atoms with Crippen molar-refractivity contribution >= 4 is 60.4 Å². The summed E-state index contributed by atoms with van der Waals surface area (Å²) >= 11 is 8.31. The van der Waals surface area contributed by atoms with E-state index >= 15 is 0 Å². The number of sulfonamides is 1. The van der Waals surface area contributed by atoms with Gasteiger partial charge in [-0.3, -0.25) is 4.79 Å². The largest absolute Gasteiger partial charge is 0.492 e. The third kappa shape index (κ3) is 4.19. The first kappa shape index (κ1) is 22.5. The van der Waals surface area contributed by atoms with Crippen LogP contribution < -0.4 is 9.54 Å². The molecule has 31 heavy (non-hydrogen) atoms. The van der Waals surface area contributed by atoms with Crippen LogP contribution in [0.2, 0.25) is 4.34 Å². The summed E-state index contributed by atoms with van der Waals surface area (Å²) in [6.45, 7) is 5.33. The average Bonchev–Trinajstić information content (AvgIpc) is 3.46. The van der Waals surface area contributed by atoms with Crippen molar-refractivity contribution in [2.75, 3.05) is 13.2 Å². The van der Waals surface area contributed by atoms with Crippen molar-refractivity contribution in [1.82, 2.24) is 8.87 Å². The molecular weight excluding hydrogens is 478 g/mol. The Morgan fingerprint density at radius 2 is 2.06 bits per heavy atom. The standard InChI is InChI=1S/C20H22ClN3O4S3/c1-3-23-18-14(28-4-2)8-5-9-15(18)29-20(23)22-19(25)13-7-6-12-24(13)31(26,27)17-11-10-16(21)30-17/h5,8-11,13H,3-4,6-7,12H2,1-2H3. The van der Waals surface area contributed by atoms with Crippen molar-refractivity contribution in [2.24, 2.45) is 4.99 Å². The van der Waals surface area contributed by atoms with Crippen LogP contribution in [0.3, 0.4) is 0 Å². The summed E-state index contributed by atoms with van der Waals surface area (Å²) in [6.07, 6.45) is 1.06. The molecule has 0 N–H and O–H groups in total. The molecule has 1 atom stereocenters. The number of rotatable bonds is 6. The summed E-state index contributed by atoms with van der Waals surface area (Å²) in [4.78, 5) is 18.0. The van der Waals surface area contributed by atoms with Crippen LogP contribution in [0.5, 0.6) is 5.75 Å². The number of para-hydroxylation sites is 1. The molecule has 0 aliphatic carbocycles. The fourth-order valence-electron chi connectivity index (χ4n) is 3.74. The molecule has 1 fully saturated rings. The molecule has 1 unspecified atom stereocenters. The highest BCUT2D eigenvalue weighted by molar-refractivity contribution is 7.91. The molecule has 7 nitrogen and oxygen atoms in total. The van der Waals surface area contributed by atoms with Gasteiger partial charge in [0.05, 0.1) is 15.6 Å². The van der Waals surface area contributed by atoms with E-state index in [1.807, 2.05) is 36.6 Å². The van der Waals surface area contributed by atoms with E-state index in [0.29, 0.717) is 41.7 Å². The van der Waals surface area contributed by atoms with E-state index in [1.54, 1.807) is 6.07 Å². The van der Waals surface area contributed by atoms with E-state index in [9.17, 15) is 13.2 Å². The van der Waals surface area contributed by atoms with Gasteiger partial charge in [-0.25, -0.2) is 8.42 Å². The van der Waals surface area contributed by atoms with E-state index in [2.05, 4.69) is 4.99 Å². The number of carbonyl (C=O) groups is 1. The fourth-order valence-corrected chi connectivity index (χ4v) is 8.12. The van der Waals surface area contributed by atoms with Gasteiger partial charge < -0.3 is 9.30 Å². The van der Waals surface area contributed by atoms with Gasteiger partial charge in [0.1, 0.15) is 21.5 Å². The number of hydrogen-bond donors (Lipinski definition) is 0. The number of halogens is 1. The number of fused-ring (bicyclic) bond motifs is 1. The molecule has 0 saturated carbocycles. The monoisotopic (exact) mass is 499 g/mol. The minimum atomic E-state index is -3.80. The maximum absolute atomic E-state index is 13.1. The molecule has 1 amide bonds. The Morgan fingerprint density at radius 3 is 2.74 bits per heavy atom. The zero-order valence-corrected chi connectivity index (χ0v) is 20.3. The SMILES string of the molecule is CCOc1cccc2sc(=NC(=O)C3CCCN3S(=O)(=O)c3ccc(Cl)s3)n(CC)c12. The van der Waals surface area contributed by atoms with Crippen LogP contribution in [0.25, 0.3) is 10.2 Å². The molecule has 1 aliphatic rings. The van der Waals surface area contributed by atoms with Crippen LogP contribution in [-0.2, 0) is 21.4 Å². The Hall–Kier alpha value is -1.72. The van der Waals surface area contributed by atoms with Crippen LogP contribution in [0.4, 0.5) is 0 Å². The molecule has 1 aromatic carbocycles. The van der Waals surface area contributed by atoms with Crippen molar-refractivity contribution in [2.45, 2.75) is 43.5 Å².